The summed E-state index contributed by atoms with van der Waals surface area (Å²) in [7, 11) is -5.71. The van der Waals surface area contributed by atoms with Crippen LogP contribution in [0.2, 0.25) is 0 Å². The number of nitrogens with zero attached hydrogens (tertiary/aromatic N) is 2. The SMILES string of the molecule is COc1ccc(S(=O)(=O)NC(N)=N[C@H]2[C@H](COC(N)=O)NC(NS(=O)(=O)c3ccc(OC)cc3)=NCCC(=O)[C@@H]2O)cc1. The fraction of sp³-hybridized carbons (Fsp3) is 0.333. The topological polar surface area (TPSA) is 263 Å². The molecule has 17 nitrogen and oxygen atoms in total. The Hall–Kier alpha value is -4.62. The lowest BCUT2D eigenvalue weighted by molar-refractivity contribution is -0.128. The number of ketones is 1. The van der Waals surface area contributed by atoms with E-state index in [1.54, 1.807) is 0 Å². The molecule has 8 N–H and O–H groups in total. The highest BCUT2D eigenvalue weighted by molar-refractivity contribution is 7.90. The summed E-state index contributed by atoms with van der Waals surface area (Å²) in [5.41, 5.74) is 11.0. The molecule has 2 aromatic carbocycles. The third-order valence-electron chi connectivity index (χ3n) is 5.92. The number of nitrogens with one attached hydrogen (secondary N) is 3. The number of hydrogen-bond acceptors (Lipinski definition) is 13. The maximum absolute atomic E-state index is 13.1. The summed E-state index contributed by atoms with van der Waals surface area (Å²) in [5, 5.41) is 13.5. The van der Waals surface area contributed by atoms with Crippen molar-refractivity contribution in [3.8, 4) is 11.5 Å². The molecule has 1 aliphatic rings. The van der Waals surface area contributed by atoms with Crippen LogP contribution in [0.5, 0.6) is 11.5 Å². The summed E-state index contributed by atoms with van der Waals surface area (Å²) in [4.78, 5) is 31.8. The number of sulfonamides is 2. The highest BCUT2D eigenvalue weighted by atomic mass is 32.2. The van der Waals surface area contributed by atoms with E-state index in [0.717, 1.165) is 0 Å². The number of primary amides is 1. The van der Waals surface area contributed by atoms with E-state index in [2.05, 4.69) is 20.0 Å². The monoisotopic (exact) mass is 641 g/mol. The first-order valence-electron chi connectivity index (χ1n) is 12.4. The minimum atomic E-state index is -4.28. The molecule has 3 rings (SSSR count). The van der Waals surface area contributed by atoms with E-state index >= 15 is 0 Å². The van der Waals surface area contributed by atoms with Gasteiger partial charge in [-0.2, -0.15) is 0 Å². The molecule has 43 heavy (non-hydrogen) atoms. The second-order valence-corrected chi connectivity index (χ2v) is 12.2. The van der Waals surface area contributed by atoms with Gasteiger partial charge >= 0.3 is 6.09 Å². The van der Waals surface area contributed by atoms with Gasteiger partial charge in [0.2, 0.25) is 11.9 Å². The number of ether oxygens (including phenoxy) is 3. The predicted octanol–water partition coefficient (Wildman–Crippen LogP) is -1.61. The molecular weight excluding hydrogens is 610 g/mol. The molecule has 234 valence electrons. The highest BCUT2D eigenvalue weighted by Crippen LogP contribution is 2.18. The van der Waals surface area contributed by atoms with Crippen LogP contribution < -0.4 is 35.7 Å². The molecule has 0 fully saturated rings. The van der Waals surface area contributed by atoms with Gasteiger partial charge in [-0.25, -0.2) is 36.1 Å². The van der Waals surface area contributed by atoms with Crippen molar-refractivity contribution in [2.24, 2.45) is 21.5 Å². The average Bonchev–Trinajstić information content (AvgIpc) is 3.01. The Morgan fingerprint density at radius 3 is 2.05 bits per heavy atom. The van der Waals surface area contributed by atoms with Gasteiger partial charge in [-0.1, -0.05) is 0 Å². The number of hydrogen-bond donors (Lipinski definition) is 6. The Bertz CT molecular complexity index is 1580. The molecule has 3 atom stereocenters. The van der Waals surface area contributed by atoms with Crippen LogP contribution >= 0.6 is 0 Å². The molecule has 19 heteroatoms. The van der Waals surface area contributed by atoms with Crippen LogP contribution in [0.25, 0.3) is 0 Å². The number of carbonyl (C=O) groups is 2. The molecule has 0 bridgehead atoms. The van der Waals surface area contributed by atoms with E-state index in [9.17, 15) is 31.5 Å². The van der Waals surface area contributed by atoms with Crippen LogP contribution in [-0.2, 0) is 29.6 Å². The van der Waals surface area contributed by atoms with Crippen molar-refractivity contribution in [2.45, 2.75) is 34.4 Å². The number of aliphatic imine (C=N–C) groups is 2. The van der Waals surface area contributed by atoms with Crippen LogP contribution in [0.15, 0.2) is 68.3 Å². The zero-order valence-corrected chi connectivity index (χ0v) is 24.6. The van der Waals surface area contributed by atoms with Gasteiger partial charge in [0, 0.05) is 13.0 Å². The fourth-order valence-corrected chi connectivity index (χ4v) is 5.69. The third-order valence-corrected chi connectivity index (χ3v) is 8.64. The molecule has 0 aromatic heterocycles. The van der Waals surface area contributed by atoms with E-state index in [0.29, 0.717) is 11.5 Å². The van der Waals surface area contributed by atoms with Gasteiger partial charge in [-0.3, -0.25) is 9.79 Å². The van der Waals surface area contributed by atoms with Gasteiger partial charge in [0.15, 0.2) is 5.78 Å². The lowest BCUT2D eigenvalue weighted by Gasteiger charge is -2.28. The van der Waals surface area contributed by atoms with Crippen molar-refractivity contribution >= 4 is 43.8 Å². The molecular formula is C24H31N7O10S2. The normalized spacial score (nSPS) is 19.9. The van der Waals surface area contributed by atoms with Crippen molar-refractivity contribution in [1.29, 1.82) is 0 Å². The van der Waals surface area contributed by atoms with Gasteiger partial charge in [0.1, 0.15) is 30.3 Å². The Morgan fingerprint density at radius 1 is 1.00 bits per heavy atom. The predicted molar refractivity (Wildman–Crippen MR) is 152 cm³/mol. The largest absolute Gasteiger partial charge is 0.497 e. The first kappa shape index (κ1) is 32.9. The fourth-order valence-electron chi connectivity index (χ4n) is 3.76. The number of amides is 1. The number of methoxy groups -OCH3 is 2. The summed E-state index contributed by atoms with van der Waals surface area (Å²) in [6, 6.07) is 7.67. The standard InChI is InChI=1S/C24H31N7O10S2/c1-39-14-3-7-16(8-4-14)42(35,36)30-22(25)29-20-18(13-41-23(26)34)28-24(27-12-11-19(32)21(20)33)31-43(37,38)17-9-5-15(40-2)6-10-17/h3-10,18,20-21,33H,11-13H2,1-2H3,(H2,26,34)(H3,25,29,30)(H2,27,28,31)/t18-,20-,21-/m0/s1. The zero-order chi connectivity index (χ0) is 31.8. The maximum atomic E-state index is 13.1. The van der Waals surface area contributed by atoms with Gasteiger partial charge in [0.25, 0.3) is 20.0 Å². The molecule has 1 heterocycles. The molecule has 0 radical (unpaired) electrons. The molecule has 0 unspecified atom stereocenters. The molecule has 2 aromatic rings. The second-order valence-electron chi connectivity index (χ2n) is 8.84. The summed E-state index contributed by atoms with van der Waals surface area (Å²) in [6.07, 6.45) is -3.51. The van der Waals surface area contributed by atoms with Gasteiger partial charge in [-0.05, 0) is 48.5 Å². The quantitative estimate of drug-likeness (QED) is 0.133. The first-order chi connectivity index (χ1) is 20.3. The Morgan fingerprint density at radius 2 is 1.53 bits per heavy atom. The number of aliphatic hydroxyl groups is 1. The summed E-state index contributed by atoms with van der Waals surface area (Å²) < 4.78 is 70.9. The van der Waals surface area contributed by atoms with E-state index in [1.165, 1.54) is 62.8 Å². The van der Waals surface area contributed by atoms with Crippen molar-refractivity contribution in [3.05, 3.63) is 48.5 Å². The summed E-state index contributed by atoms with van der Waals surface area (Å²) in [6.45, 7) is -0.932. The summed E-state index contributed by atoms with van der Waals surface area (Å²) >= 11 is 0. The Balaban J connectivity index is 1.94. The van der Waals surface area contributed by atoms with Crippen LogP contribution in [0.3, 0.4) is 0 Å². The van der Waals surface area contributed by atoms with E-state index in [4.69, 9.17) is 25.7 Å². The van der Waals surface area contributed by atoms with Crippen molar-refractivity contribution in [1.82, 2.24) is 14.8 Å². The smallest absolute Gasteiger partial charge is 0.404 e. The number of rotatable bonds is 9. The minimum absolute atomic E-state index is 0.162. The van der Waals surface area contributed by atoms with Gasteiger partial charge in [-0.15, -0.1) is 0 Å². The molecule has 1 amide bonds. The minimum Gasteiger partial charge on any atom is -0.497 e. The van der Waals surface area contributed by atoms with E-state index < -0.39 is 68.6 Å². The Kier molecular flexibility index (Phi) is 10.7. The molecule has 0 saturated carbocycles. The average molecular weight is 642 g/mol. The van der Waals surface area contributed by atoms with E-state index in [1.807, 2.05) is 4.72 Å². The third kappa shape index (κ3) is 8.93. The molecule has 0 spiro atoms. The number of guanidine groups is 2. The number of benzene rings is 2. The number of aliphatic hydroxyl groups excluding tert-OH is 1. The number of carbonyl (C=O) groups excluding carboxylic acids is 2. The Labute approximate surface area is 247 Å². The van der Waals surface area contributed by atoms with Crippen molar-refractivity contribution in [3.63, 3.8) is 0 Å². The first-order valence-corrected chi connectivity index (χ1v) is 15.3. The van der Waals surface area contributed by atoms with Crippen molar-refractivity contribution in [2.75, 3.05) is 27.4 Å². The van der Waals surface area contributed by atoms with Crippen LogP contribution in [0, 0.1) is 0 Å². The summed E-state index contributed by atoms with van der Waals surface area (Å²) in [5.74, 6) is -1.11. The lowest BCUT2D eigenvalue weighted by atomic mass is 9.98. The van der Waals surface area contributed by atoms with Crippen LogP contribution in [0.1, 0.15) is 6.42 Å². The van der Waals surface area contributed by atoms with Gasteiger partial charge in [0.05, 0.1) is 30.1 Å². The zero-order valence-electron chi connectivity index (χ0n) is 23.0. The molecule has 0 saturated heterocycles. The van der Waals surface area contributed by atoms with Crippen molar-refractivity contribution < 1.29 is 45.7 Å². The lowest BCUT2D eigenvalue weighted by Crippen LogP contribution is -2.56. The highest BCUT2D eigenvalue weighted by Gasteiger charge is 2.36. The van der Waals surface area contributed by atoms with Gasteiger partial charge < -0.3 is 36.1 Å². The number of nitrogens with two attached hydrogens (primary N) is 2. The second kappa shape index (κ2) is 14.0. The molecule has 0 aliphatic carbocycles. The van der Waals surface area contributed by atoms with Crippen LogP contribution in [-0.4, -0.2) is 91.3 Å². The maximum Gasteiger partial charge on any atom is 0.404 e. The van der Waals surface area contributed by atoms with E-state index in [-0.39, 0.29) is 22.8 Å². The van der Waals surface area contributed by atoms with Crippen LogP contribution in [0.4, 0.5) is 4.79 Å². The molecule has 1 aliphatic heterocycles. The number of Topliss-reactive ketones (excluding diaryl/α,β-unsaturated/α-hetero) is 1.